The zero-order valence-corrected chi connectivity index (χ0v) is 17.8. The average Bonchev–Trinajstić information content (AvgIpc) is 3.24. The van der Waals surface area contributed by atoms with Gasteiger partial charge in [0.25, 0.3) is 5.91 Å². The van der Waals surface area contributed by atoms with E-state index in [2.05, 4.69) is 15.5 Å². The number of amides is 2. The number of carbonyl (C=O) groups excluding carboxylic acids is 2. The molecule has 0 radical (unpaired) electrons. The molecule has 0 spiro atoms. The number of halogens is 1. The second-order valence-electron chi connectivity index (χ2n) is 7.10. The van der Waals surface area contributed by atoms with Crippen molar-refractivity contribution in [3.8, 4) is 11.5 Å². The van der Waals surface area contributed by atoms with Crippen molar-refractivity contribution in [2.45, 2.75) is 38.3 Å². The molecule has 1 saturated carbocycles. The Morgan fingerprint density at radius 3 is 2.70 bits per heavy atom. The number of carbonyl (C=O) groups is 2. The predicted octanol–water partition coefficient (Wildman–Crippen LogP) is 4.15. The van der Waals surface area contributed by atoms with E-state index in [1.165, 1.54) is 11.3 Å². The van der Waals surface area contributed by atoms with Crippen LogP contribution in [0.2, 0.25) is 5.02 Å². The first kappa shape index (κ1) is 20.6. The maximum atomic E-state index is 12.7. The molecule has 1 aromatic carbocycles. The van der Waals surface area contributed by atoms with Gasteiger partial charge < -0.3 is 14.6 Å². The Morgan fingerprint density at radius 2 is 2.00 bits per heavy atom. The summed E-state index contributed by atoms with van der Waals surface area (Å²) in [6.45, 7) is 0.758. The fourth-order valence-electron chi connectivity index (χ4n) is 3.06. The van der Waals surface area contributed by atoms with Crippen LogP contribution in [0, 0.1) is 0 Å². The Kier molecular flexibility index (Phi) is 6.44. The summed E-state index contributed by atoms with van der Waals surface area (Å²) in [6.07, 6.45) is 2.91. The smallest absolute Gasteiger partial charge is 0.261 e. The number of benzene rings is 1. The highest BCUT2D eigenvalue weighted by Gasteiger charge is 2.33. The summed E-state index contributed by atoms with van der Waals surface area (Å²) < 4.78 is 5.75. The van der Waals surface area contributed by atoms with Crippen LogP contribution in [0.4, 0.5) is 0 Å². The van der Waals surface area contributed by atoms with E-state index in [0.29, 0.717) is 47.6 Å². The van der Waals surface area contributed by atoms with Crippen LogP contribution in [0.15, 0.2) is 46.2 Å². The molecule has 2 amide bonds. The number of nitrogens with one attached hydrogen (secondary N) is 1. The molecule has 0 unspecified atom stereocenters. The molecule has 3 aromatic rings. The van der Waals surface area contributed by atoms with E-state index >= 15 is 0 Å². The summed E-state index contributed by atoms with van der Waals surface area (Å²) in [6, 6.07) is 11.0. The Balaban J connectivity index is 1.29. The standard InChI is InChI=1S/C21H21ClN4O3S/c22-15-7-5-14(6-8-15)21-25-24-18(29-21)13-26(16-9-10-16)19(27)4-1-11-23-20(28)17-3-2-12-30-17/h2-3,5-8,12,16H,1,4,9-11,13H2,(H,23,28). The Labute approximate surface area is 183 Å². The molecule has 2 aromatic heterocycles. The van der Waals surface area contributed by atoms with Crippen LogP contribution >= 0.6 is 22.9 Å². The highest BCUT2D eigenvalue weighted by atomic mass is 35.5. The molecule has 2 heterocycles. The maximum absolute atomic E-state index is 12.7. The summed E-state index contributed by atoms with van der Waals surface area (Å²) in [7, 11) is 0. The lowest BCUT2D eigenvalue weighted by Gasteiger charge is -2.20. The predicted molar refractivity (Wildman–Crippen MR) is 114 cm³/mol. The van der Waals surface area contributed by atoms with E-state index in [0.717, 1.165) is 18.4 Å². The zero-order valence-electron chi connectivity index (χ0n) is 16.2. The minimum Gasteiger partial charge on any atom is -0.419 e. The van der Waals surface area contributed by atoms with Crippen molar-refractivity contribution < 1.29 is 14.0 Å². The summed E-state index contributed by atoms with van der Waals surface area (Å²) in [5.41, 5.74) is 0.781. The third-order valence-corrected chi connectivity index (χ3v) is 5.89. The van der Waals surface area contributed by atoms with Gasteiger partial charge in [-0.25, -0.2) is 0 Å². The highest BCUT2D eigenvalue weighted by molar-refractivity contribution is 7.12. The number of hydrogen-bond acceptors (Lipinski definition) is 6. The molecule has 0 atom stereocenters. The Hall–Kier alpha value is -2.71. The van der Waals surface area contributed by atoms with Crippen molar-refractivity contribution in [3.63, 3.8) is 0 Å². The highest BCUT2D eigenvalue weighted by Crippen LogP contribution is 2.29. The third kappa shape index (κ3) is 5.25. The molecule has 1 fully saturated rings. The molecule has 156 valence electrons. The molecular formula is C21H21ClN4O3S. The summed E-state index contributed by atoms with van der Waals surface area (Å²) in [5, 5.41) is 13.5. The zero-order chi connectivity index (χ0) is 20.9. The number of aromatic nitrogens is 2. The van der Waals surface area contributed by atoms with E-state index in [1.807, 2.05) is 23.6 Å². The van der Waals surface area contributed by atoms with Gasteiger partial charge in [0, 0.05) is 29.6 Å². The number of rotatable bonds is 9. The van der Waals surface area contributed by atoms with Gasteiger partial charge in [-0.05, 0) is 55.0 Å². The topological polar surface area (TPSA) is 88.3 Å². The second-order valence-corrected chi connectivity index (χ2v) is 8.48. The quantitative estimate of drug-likeness (QED) is 0.501. The third-order valence-electron chi connectivity index (χ3n) is 4.77. The van der Waals surface area contributed by atoms with Gasteiger partial charge in [-0.1, -0.05) is 17.7 Å². The molecule has 1 N–H and O–H groups in total. The van der Waals surface area contributed by atoms with Gasteiger partial charge in [0.1, 0.15) is 0 Å². The lowest BCUT2D eigenvalue weighted by Crippen LogP contribution is -2.33. The first-order valence-electron chi connectivity index (χ1n) is 9.79. The van der Waals surface area contributed by atoms with E-state index in [1.54, 1.807) is 23.1 Å². The van der Waals surface area contributed by atoms with Crippen LogP contribution < -0.4 is 5.32 Å². The molecule has 1 aliphatic carbocycles. The SMILES string of the molecule is O=C(NCCCC(=O)N(Cc1nnc(-c2ccc(Cl)cc2)o1)C1CC1)c1cccs1. The van der Waals surface area contributed by atoms with Crippen molar-refractivity contribution in [2.24, 2.45) is 0 Å². The number of thiophene rings is 1. The second kappa shape index (κ2) is 9.40. The van der Waals surface area contributed by atoms with Crippen LogP contribution in [0.1, 0.15) is 41.2 Å². The summed E-state index contributed by atoms with van der Waals surface area (Å²) >= 11 is 7.31. The first-order chi connectivity index (χ1) is 14.6. The lowest BCUT2D eigenvalue weighted by molar-refractivity contribution is -0.132. The molecule has 30 heavy (non-hydrogen) atoms. The lowest BCUT2D eigenvalue weighted by atomic mass is 10.2. The molecule has 9 heteroatoms. The van der Waals surface area contributed by atoms with E-state index in [-0.39, 0.29) is 17.9 Å². The van der Waals surface area contributed by atoms with Crippen molar-refractivity contribution >= 4 is 34.8 Å². The summed E-state index contributed by atoms with van der Waals surface area (Å²) in [4.78, 5) is 27.2. The largest absolute Gasteiger partial charge is 0.419 e. The Bertz CT molecular complexity index is 1000. The van der Waals surface area contributed by atoms with E-state index in [4.69, 9.17) is 16.0 Å². The fourth-order valence-corrected chi connectivity index (χ4v) is 3.83. The van der Waals surface area contributed by atoms with Crippen LogP contribution in [-0.2, 0) is 11.3 Å². The van der Waals surface area contributed by atoms with Gasteiger partial charge in [0.15, 0.2) is 0 Å². The number of hydrogen-bond donors (Lipinski definition) is 1. The van der Waals surface area contributed by atoms with Gasteiger partial charge in [0.05, 0.1) is 11.4 Å². The molecule has 0 saturated heterocycles. The molecular weight excluding hydrogens is 424 g/mol. The van der Waals surface area contributed by atoms with Crippen molar-refractivity contribution in [2.75, 3.05) is 6.54 Å². The van der Waals surface area contributed by atoms with Gasteiger partial charge in [-0.15, -0.1) is 21.5 Å². The van der Waals surface area contributed by atoms with E-state index < -0.39 is 0 Å². The van der Waals surface area contributed by atoms with Gasteiger partial charge >= 0.3 is 0 Å². The van der Waals surface area contributed by atoms with Crippen LogP contribution in [0.25, 0.3) is 11.5 Å². The summed E-state index contributed by atoms with van der Waals surface area (Å²) in [5.74, 6) is 0.749. The number of nitrogens with zero attached hydrogens (tertiary/aromatic N) is 3. The normalized spacial score (nSPS) is 13.2. The van der Waals surface area contributed by atoms with Gasteiger partial charge in [-0.3, -0.25) is 9.59 Å². The minimum atomic E-state index is -0.0999. The average molecular weight is 445 g/mol. The van der Waals surface area contributed by atoms with Crippen molar-refractivity contribution in [1.29, 1.82) is 0 Å². The molecule has 1 aliphatic rings. The van der Waals surface area contributed by atoms with E-state index in [9.17, 15) is 9.59 Å². The van der Waals surface area contributed by atoms with Crippen LogP contribution in [-0.4, -0.2) is 39.5 Å². The molecule has 0 bridgehead atoms. The van der Waals surface area contributed by atoms with Crippen molar-refractivity contribution in [3.05, 3.63) is 57.6 Å². The van der Waals surface area contributed by atoms with Crippen LogP contribution in [0.3, 0.4) is 0 Å². The molecule has 0 aliphatic heterocycles. The van der Waals surface area contributed by atoms with Crippen LogP contribution in [0.5, 0.6) is 0 Å². The fraction of sp³-hybridized carbons (Fsp3) is 0.333. The minimum absolute atomic E-state index is 0.0362. The monoisotopic (exact) mass is 444 g/mol. The Morgan fingerprint density at radius 1 is 1.20 bits per heavy atom. The molecule has 4 rings (SSSR count). The molecule has 7 nitrogen and oxygen atoms in total. The van der Waals surface area contributed by atoms with Crippen molar-refractivity contribution in [1.82, 2.24) is 20.4 Å². The van der Waals surface area contributed by atoms with Gasteiger partial charge in [0.2, 0.25) is 17.7 Å². The maximum Gasteiger partial charge on any atom is 0.261 e. The van der Waals surface area contributed by atoms with Gasteiger partial charge in [-0.2, -0.15) is 0 Å². The first-order valence-corrected chi connectivity index (χ1v) is 11.1.